The number of piperazine rings is 1. The molecule has 2 aromatic carbocycles. The van der Waals surface area contributed by atoms with E-state index in [1.807, 2.05) is 58.5 Å². The van der Waals surface area contributed by atoms with Crippen molar-refractivity contribution in [1.29, 1.82) is 0 Å². The molecule has 9 nitrogen and oxygen atoms in total. The number of aryl methyl sites for hydroxylation is 1. The van der Waals surface area contributed by atoms with Crippen LogP contribution in [0.2, 0.25) is 0 Å². The number of likely N-dealkylation sites (N-methyl/N-ethyl adjacent to an activating group) is 1. The van der Waals surface area contributed by atoms with Crippen LogP contribution in [0.3, 0.4) is 0 Å². The number of amides is 1. The van der Waals surface area contributed by atoms with E-state index in [-0.39, 0.29) is 23.7 Å². The maximum atomic E-state index is 14.1. The lowest BCUT2D eigenvalue weighted by Gasteiger charge is -2.33. The molecule has 0 saturated carbocycles. The Bertz CT molecular complexity index is 2010. The first-order valence-electron chi connectivity index (χ1n) is 15.8. The van der Waals surface area contributed by atoms with Crippen LogP contribution >= 0.6 is 0 Å². The van der Waals surface area contributed by atoms with Gasteiger partial charge in [0.1, 0.15) is 5.69 Å². The Kier molecular flexibility index (Phi) is 9.26. The zero-order valence-corrected chi connectivity index (χ0v) is 27.3. The van der Waals surface area contributed by atoms with E-state index in [4.69, 9.17) is 0 Å². The SMILES string of the molecule is Cc1ccc(NC(=O)c2ccc(CN3CCN(C)CC3)c(C(F)(F)F)c2)cc1C#Cc1cnc2c(Nc3cnn(C(C)C)c3)cccn12. The van der Waals surface area contributed by atoms with E-state index >= 15 is 0 Å². The summed E-state index contributed by atoms with van der Waals surface area (Å²) in [7, 11) is 2.00. The number of nitrogens with one attached hydrogen (secondary N) is 2. The Balaban J connectivity index is 1.19. The van der Waals surface area contributed by atoms with Gasteiger partial charge in [0.15, 0.2) is 5.65 Å². The minimum Gasteiger partial charge on any atom is -0.350 e. The number of alkyl halides is 3. The van der Waals surface area contributed by atoms with E-state index in [0.29, 0.717) is 35.7 Å². The van der Waals surface area contributed by atoms with Crippen molar-refractivity contribution < 1.29 is 18.0 Å². The molecule has 0 unspecified atom stereocenters. The Morgan fingerprint density at radius 3 is 2.52 bits per heavy atom. The zero-order chi connectivity index (χ0) is 34.0. The van der Waals surface area contributed by atoms with Gasteiger partial charge in [-0.15, -0.1) is 0 Å². The maximum Gasteiger partial charge on any atom is 0.416 e. The van der Waals surface area contributed by atoms with Gasteiger partial charge in [-0.05, 0) is 81.3 Å². The summed E-state index contributed by atoms with van der Waals surface area (Å²) in [5.74, 6) is 5.72. The minimum absolute atomic E-state index is 0.0654. The molecule has 1 saturated heterocycles. The van der Waals surface area contributed by atoms with Crippen LogP contribution in [0.15, 0.2) is 73.3 Å². The first kappa shape index (κ1) is 32.8. The first-order chi connectivity index (χ1) is 22.9. The van der Waals surface area contributed by atoms with Crippen LogP contribution in [0.1, 0.15) is 58.2 Å². The van der Waals surface area contributed by atoms with Crippen molar-refractivity contribution in [3.8, 4) is 11.8 Å². The summed E-state index contributed by atoms with van der Waals surface area (Å²) in [4.78, 5) is 21.9. The predicted octanol–water partition coefficient (Wildman–Crippen LogP) is 6.58. The molecule has 0 bridgehead atoms. The van der Waals surface area contributed by atoms with Gasteiger partial charge in [-0.3, -0.25) is 18.8 Å². The Morgan fingerprint density at radius 2 is 1.79 bits per heavy atom. The smallest absolute Gasteiger partial charge is 0.350 e. The molecule has 5 aromatic rings. The van der Waals surface area contributed by atoms with E-state index in [9.17, 15) is 18.0 Å². The molecule has 0 aliphatic carbocycles. The third kappa shape index (κ3) is 7.38. The molecule has 1 aliphatic rings. The molecule has 4 heterocycles. The van der Waals surface area contributed by atoms with E-state index in [2.05, 4.69) is 51.3 Å². The molecule has 48 heavy (non-hydrogen) atoms. The lowest BCUT2D eigenvalue weighted by atomic mass is 10.0. The monoisotopic (exact) mass is 654 g/mol. The molecule has 0 spiro atoms. The highest BCUT2D eigenvalue weighted by Crippen LogP contribution is 2.34. The number of imidazole rings is 1. The molecule has 1 amide bonds. The number of halogens is 3. The van der Waals surface area contributed by atoms with Crippen molar-refractivity contribution >= 4 is 28.6 Å². The third-order valence-corrected chi connectivity index (χ3v) is 8.43. The summed E-state index contributed by atoms with van der Waals surface area (Å²) < 4.78 is 46.0. The number of rotatable bonds is 7. The van der Waals surface area contributed by atoms with Gasteiger partial charge in [0.2, 0.25) is 0 Å². The number of hydrogen-bond acceptors (Lipinski definition) is 6. The van der Waals surface area contributed by atoms with Gasteiger partial charge >= 0.3 is 6.18 Å². The average Bonchev–Trinajstić information content (AvgIpc) is 3.70. The highest BCUT2D eigenvalue weighted by Gasteiger charge is 2.34. The van der Waals surface area contributed by atoms with Crippen LogP contribution in [0, 0.1) is 18.8 Å². The molecule has 2 N–H and O–H groups in total. The highest BCUT2D eigenvalue weighted by atomic mass is 19.4. The molecule has 248 valence electrons. The van der Waals surface area contributed by atoms with Crippen LogP contribution in [-0.2, 0) is 12.7 Å². The number of nitrogens with zero attached hydrogens (tertiary/aromatic N) is 6. The van der Waals surface area contributed by atoms with Crippen LogP contribution in [-0.4, -0.2) is 68.1 Å². The average molecular weight is 655 g/mol. The molecule has 3 aromatic heterocycles. The predicted molar refractivity (Wildman–Crippen MR) is 180 cm³/mol. The van der Waals surface area contributed by atoms with Crippen molar-refractivity contribution in [2.75, 3.05) is 43.9 Å². The van der Waals surface area contributed by atoms with Crippen LogP contribution < -0.4 is 10.6 Å². The molecule has 6 rings (SSSR count). The van der Waals surface area contributed by atoms with Gasteiger partial charge < -0.3 is 15.5 Å². The van der Waals surface area contributed by atoms with E-state index in [1.165, 1.54) is 12.1 Å². The van der Waals surface area contributed by atoms with Gasteiger partial charge in [-0.1, -0.05) is 18.1 Å². The second kappa shape index (κ2) is 13.5. The van der Waals surface area contributed by atoms with Crippen LogP contribution in [0.5, 0.6) is 0 Å². The minimum atomic E-state index is -4.59. The third-order valence-electron chi connectivity index (χ3n) is 8.43. The summed E-state index contributed by atoms with van der Waals surface area (Å²) in [5, 5.41) is 10.5. The Hall–Kier alpha value is -5.12. The summed E-state index contributed by atoms with van der Waals surface area (Å²) in [6, 6.07) is 13.1. The van der Waals surface area contributed by atoms with Crippen LogP contribution in [0.25, 0.3) is 5.65 Å². The number of benzene rings is 2. The number of anilines is 3. The number of fused-ring (bicyclic) bond motifs is 1. The zero-order valence-electron chi connectivity index (χ0n) is 27.3. The largest absolute Gasteiger partial charge is 0.416 e. The number of carbonyl (C=O) groups is 1. The quantitative estimate of drug-likeness (QED) is 0.193. The number of hydrogen-bond donors (Lipinski definition) is 2. The van der Waals surface area contributed by atoms with Crippen molar-refractivity contribution in [3.05, 3.63) is 107 Å². The van der Waals surface area contributed by atoms with Gasteiger partial charge in [0.05, 0.1) is 29.3 Å². The van der Waals surface area contributed by atoms with E-state index in [1.54, 1.807) is 24.5 Å². The normalized spacial score (nSPS) is 14.2. The summed E-state index contributed by atoms with van der Waals surface area (Å²) in [6.45, 7) is 9.18. The highest BCUT2D eigenvalue weighted by molar-refractivity contribution is 6.04. The fourth-order valence-corrected chi connectivity index (χ4v) is 5.58. The number of pyridine rings is 1. The molecule has 0 radical (unpaired) electrons. The Labute approximate surface area is 277 Å². The Morgan fingerprint density at radius 1 is 1.00 bits per heavy atom. The van der Waals surface area contributed by atoms with Crippen molar-refractivity contribution in [2.45, 2.75) is 39.5 Å². The molecule has 12 heteroatoms. The van der Waals surface area contributed by atoms with Crippen molar-refractivity contribution in [3.63, 3.8) is 0 Å². The van der Waals surface area contributed by atoms with Gasteiger partial charge in [0.25, 0.3) is 5.91 Å². The maximum absolute atomic E-state index is 14.1. The fourth-order valence-electron chi connectivity index (χ4n) is 5.58. The van der Waals surface area contributed by atoms with Crippen molar-refractivity contribution in [1.82, 2.24) is 29.0 Å². The summed E-state index contributed by atoms with van der Waals surface area (Å²) in [6.07, 6.45) is 2.69. The van der Waals surface area contributed by atoms with Crippen LogP contribution in [0.4, 0.5) is 30.2 Å². The first-order valence-corrected chi connectivity index (χ1v) is 15.8. The van der Waals surface area contributed by atoms with E-state index in [0.717, 1.165) is 36.1 Å². The molecule has 1 aliphatic heterocycles. The van der Waals surface area contributed by atoms with Gasteiger partial charge in [0, 0.05) is 68.0 Å². The van der Waals surface area contributed by atoms with Crippen molar-refractivity contribution in [2.24, 2.45) is 0 Å². The molecule has 1 fully saturated rings. The second-order valence-corrected chi connectivity index (χ2v) is 12.4. The topological polar surface area (TPSA) is 82.7 Å². The summed E-state index contributed by atoms with van der Waals surface area (Å²) >= 11 is 0. The molecular formula is C36H37F3N8O. The van der Waals surface area contributed by atoms with Gasteiger partial charge in [-0.25, -0.2) is 4.98 Å². The fraction of sp³-hybridized carbons (Fsp3) is 0.306. The number of aromatic nitrogens is 4. The second-order valence-electron chi connectivity index (χ2n) is 12.4. The number of carbonyl (C=O) groups excluding carboxylic acids is 1. The van der Waals surface area contributed by atoms with Gasteiger partial charge in [-0.2, -0.15) is 18.3 Å². The molecule has 0 atom stereocenters. The molecular weight excluding hydrogens is 617 g/mol. The summed E-state index contributed by atoms with van der Waals surface area (Å²) in [5.41, 5.74) is 4.29. The standard InChI is InChI=1S/C36H37F3N8O/c1-24(2)47-23-30(20-41-47)42-33-6-5-13-46-31(21-40-34(33)46)12-10-26-18-29(11-7-25(26)3)43-35(48)27-8-9-28(32(19-27)36(37,38)39)22-45-16-14-44(4)15-17-45/h5-9,11,13,18-21,23-24,42H,14-17,22H2,1-4H3,(H,43,48). The lowest BCUT2D eigenvalue weighted by Crippen LogP contribution is -2.44. The lowest BCUT2D eigenvalue weighted by molar-refractivity contribution is -0.138. The van der Waals surface area contributed by atoms with E-state index < -0.39 is 17.6 Å².